The molecule has 0 atom stereocenters. The van der Waals surface area contributed by atoms with E-state index in [1.807, 2.05) is 36.4 Å². The van der Waals surface area contributed by atoms with Gasteiger partial charge in [-0.1, -0.05) is 84.9 Å². The van der Waals surface area contributed by atoms with Crippen LogP contribution in [0, 0.1) is 5.82 Å². The molecule has 7 heteroatoms. The van der Waals surface area contributed by atoms with Gasteiger partial charge in [-0.3, -0.25) is 4.79 Å². The molecule has 0 radical (unpaired) electrons. The number of benzene rings is 4. The van der Waals surface area contributed by atoms with E-state index in [9.17, 15) is 9.18 Å². The molecular formula is C32H28FN3O2S. The Morgan fingerprint density at radius 2 is 1.44 bits per heavy atom. The Kier molecular flexibility index (Phi) is 8.71. The second kappa shape index (κ2) is 12.9. The second-order valence-electron chi connectivity index (χ2n) is 9.22. The van der Waals surface area contributed by atoms with Gasteiger partial charge in [-0.2, -0.15) is 9.36 Å². The van der Waals surface area contributed by atoms with E-state index in [0.717, 1.165) is 17.5 Å². The minimum Gasteiger partial charge on any atom is -0.430 e. The van der Waals surface area contributed by atoms with Gasteiger partial charge < -0.3 is 10.1 Å². The largest absolute Gasteiger partial charge is 0.430 e. The van der Waals surface area contributed by atoms with Gasteiger partial charge in [-0.15, -0.1) is 0 Å². The molecular weight excluding hydrogens is 509 g/mol. The quantitative estimate of drug-likeness (QED) is 0.198. The van der Waals surface area contributed by atoms with E-state index in [-0.39, 0.29) is 17.6 Å². The van der Waals surface area contributed by atoms with Crippen LogP contribution in [0.4, 0.5) is 4.39 Å². The van der Waals surface area contributed by atoms with E-state index in [2.05, 4.69) is 63.2 Å². The molecule has 0 bridgehead atoms. The first-order chi connectivity index (χ1) is 19.1. The van der Waals surface area contributed by atoms with Gasteiger partial charge in [0, 0.05) is 30.4 Å². The first-order valence-corrected chi connectivity index (χ1v) is 13.6. The summed E-state index contributed by atoms with van der Waals surface area (Å²) in [5.74, 6) is 1.18. The molecule has 0 unspecified atom stereocenters. The molecule has 1 aromatic heterocycles. The Labute approximate surface area is 231 Å². The van der Waals surface area contributed by atoms with Crippen LogP contribution >= 0.6 is 11.5 Å². The van der Waals surface area contributed by atoms with Crippen LogP contribution < -0.4 is 10.1 Å². The van der Waals surface area contributed by atoms with Crippen molar-refractivity contribution in [2.24, 2.45) is 0 Å². The van der Waals surface area contributed by atoms with E-state index in [1.165, 1.54) is 34.8 Å². The van der Waals surface area contributed by atoms with Crippen LogP contribution in [0.2, 0.25) is 0 Å². The van der Waals surface area contributed by atoms with Gasteiger partial charge in [-0.05, 0) is 52.9 Å². The Balaban J connectivity index is 1.11. The number of halogens is 1. The summed E-state index contributed by atoms with van der Waals surface area (Å²) in [5, 5.41) is 3.51. The van der Waals surface area contributed by atoms with Crippen LogP contribution in [0.1, 0.15) is 40.4 Å². The smallest absolute Gasteiger partial charge is 0.298 e. The molecule has 4 aromatic carbocycles. The van der Waals surface area contributed by atoms with Crippen LogP contribution in [0.3, 0.4) is 0 Å². The first kappa shape index (κ1) is 26.3. The van der Waals surface area contributed by atoms with Crippen molar-refractivity contribution in [1.29, 1.82) is 0 Å². The average Bonchev–Trinajstić information content (AvgIpc) is 3.41. The first-order valence-electron chi connectivity index (χ1n) is 12.8. The van der Waals surface area contributed by atoms with Gasteiger partial charge in [-0.25, -0.2) is 4.39 Å². The molecule has 1 N–H and O–H groups in total. The Morgan fingerprint density at radius 1 is 0.821 bits per heavy atom. The number of nitrogens with one attached hydrogen (secondary N) is 1. The normalized spacial score (nSPS) is 10.9. The topological polar surface area (TPSA) is 64.1 Å². The highest BCUT2D eigenvalue weighted by Gasteiger charge is 2.14. The molecule has 0 aliphatic rings. The zero-order valence-corrected chi connectivity index (χ0v) is 22.1. The average molecular weight is 538 g/mol. The lowest BCUT2D eigenvalue weighted by Gasteiger charge is -2.18. The number of rotatable bonds is 11. The Hall–Kier alpha value is -4.36. The number of aromatic nitrogens is 2. The van der Waals surface area contributed by atoms with Crippen molar-refractivity contribution in [3.8, 4) is 10.9 Å². The van der Waals surface area contributed by atoms with E-state index in [1.54, 1.807) is 12.1 Å². The fraction of sp³-hybridized carbons (Fsp3) is 0.156. The molecule has 0 aliphatic carbocycles. The standard InChI is InChI=1S/C32H28FN3O2S/c33-27-15-11-23(12-16-27)21-30-35-32(39-36-30)38-28-17-13-24(14-18-28)22-31(37)34-20-19-29(25-7-3-1-4-8-25)26-9-5-2-6-10-26/h1-18,29H,19-22H2,(H,34,37). The highest BCUT2D eigenvalue weighted by atomic mass is 32.1. The maximum atomic E-state index is 13.1. The number of hydrogen-bond acceptors (Lipinski definition) is 5. The third kappa shape index (κ3) is 7.58. The minimum absolute atomic E-state index is 0.0156. The lowest BCUT2D eigenvalue weighted by Crippen LogP contribution is -2.27. The van der Waals surface area contributed by atoms with Crippen LogP contribution in [0.15, 0.2) is 109 Å². The molecule has 0 spiro atoms. The lowest BCUT2D eigenvalue weighted by atomic mass is 9.88. The monoisotopic (exact) mass is 537 g/mol. The van der Waals surface area contributed by atoms with Crippen molar-refractivity contribution in [2.45, 2.75) is 25.2 Å². The van der Waals surface area contributed by atoms with Gasteiger partial charge in [0.05, 0.1) is 6.42 Å². The second-order valence-corrected chi connectivity index (χ2v) is 9.93. The maximum Gasteiger partial charge on any atom is 0.298 e. The molecule has 5 nitrogen and oxygen atoms in total. The van der Waals surface area contributed by atoms with Crippen molar-refractivity contribution in [1.82, 2.24) is 14.7 Å². The van der Waals surface area contributed by atoms with Crippen LogP contribution in [0.25, 0.3) is 0 Å². The zero-order valence-electron chi connectivity index (χ0n) is 21.3. The molecule has 5 aromatic rings. The fourth-order valence-corrected chi connectivity index (χ4v) is 4.98. The fourth-order valence-electron chi connectivity index (χ4n) is 4.41. The molecule has 39 heavy (non-hydrogen) atoms. The summed E-state index contributed by atoms with van der Waals surface area (Å²) in [7, 11) is 0. The van der Waals surface area contributed by atoms with Crippen molar-refractivity contribution in [2.75, 3.05) is 6.54 Å². The van der Waals surface area contributed by atoms with Gasteiger partial charge >= 0.3 is 0 Å². The van der Waals surface area contributed by atoms with Crippen molar-refractivity contribution in [3.05, 3.63) is 143 Å². The summed E-state index contributed by atoms with van der Waals surface area (Å²) in [4.78, 5) is 17.0. The Bertz CT molecular complexity index is 1430. The summed E-state index contributed by atoms with van der Waals surface area (Å²) < 4.78 is 23.3. The van der Waals surface area contributed by atoms with Gasteiger partial charge in [0.15, 0.2) is 5.82 Å². The Morgan fingerprint density at radius 3 is 2.08 bits per heavy atom. The van der Waals surface area contributed by atoms with Crippen molar-refractivity contribution in [3.63, 3.8) is 0 Å². The summed E-state index contributed by atoms with van der Waals surface area (Å²) in [6, 6.07) is 34.5. The van der Waals surface area contributed by atoms with Crippen LogP contribution in [0.5, 0.6) is 10.9 Å². The molecule has 5 rings (SSSR count). The summed E-state index contributed by atoms with van der Waals surface area (Å²) >= 11 is 1.17. The third-order valence-corrected chi connectivity index (χ3v) is 7.01. The van der Waals surface area contributed by atoms with Crippen molar-refractivity contribution < 1.29 is 13.9 Å². The summed E-state index contributed by atoms with van der Waals surface area (Å²) in [5.41, 5.74) is 4.31. The molecule has 0 aliphatic heterocycles. The number of nitrogens with zero attached hydrogens (tertiary/aromatic N) is 2. The van der Waals surface area contributed by atoms with E-state index in [4.69, 9.17) is 4.74 Å². The third-order valence-electron chi connectivity index (χ3n) is 6.38. The summed E-state index contributed by atoms with van der Waals surface area (Å²) in [6.45, 7) is 0.589. The number of amides is 1. The predicted molar refractivity (Wildman–Crippen MR) is 152 cm³/mol. The van der Waals surface area contributed by atoms with Crippen LogP contribution in [-0.2, 0) is 17.6 Å². The minimum atomic E-state index is -0.269. The predicted octanol–water partition coefficient (Wildman–Crippen LogP) is 6.94. The molecule has 196 valence electrons. The van der Waals surface area contributed by atoms with E-state index >= 15 is 0 Å². The number of carbonyl (C=O) groups is 1. The lowest BCUT2D eigenvalue weighted by molar-refractivity contribution is -0.120. The molecule has 1 heterocycles. The molecule has 0 fully saturated rings. The van der Waals surface area contributed by atoms with Crippen LogP contribution in [-0.4, -0.2) is 21.8 Å². The van der Waals surface area contributed by atoms with Gasteiger partial charge in [0.1, 0.15) is 11.6 Å². The van der Waals surface area contributed by atoms with Gasteiger partial charge in [0.2, 0.25) is 5.91 Å². The van der Waals surface area contributed by atoms with Gasteiger partial charge in [0.25, 0.3) is 5.19 Å². The van der Waals surface area contributed by atoms with E-state index < -0.39 is 0 Å². The SMILES string of the molecule is O=C(Cc1ccc(Oc2nc(Cc3ccc(F)cc3)ns2)cc1)NCCC(c1ccccc1)c1ccccc1. The molecule has 1 amide bonds. The highest BCUT2D eigenvalue weighted by molar-refractivity contribution is 7.07. The van der Waals surface area contributed by atoms with Crippen molar-refractivity contribution >= 4 is 17.4 Å². The number of ether oxygens (including phenoxy) is 1. The zero-order chi connectivity index (χ0) is 26.9. The number of carbonyl (C=O) groups excluding carboxylic acids is 1. The maximum absolute atomic E-state index is 13.1. The number of hydrogen-bond donors (Lipinski definition) is 1. The molecule has 0 saturated carbocycles. The van der Waals surface area contributed by atoms with E-state index in [0.29, 0.717) is 36.2 Å². The summed E-state index contributed by atoms with van der Waals surface area (Å²) in [6.07, 6.45) is 1.62. The highest BCUT2D eigenvalue weighted by Crippen LogP contribution is 2.27. The molecule has 0 saturated heterocycles.